The van der Waals surface area contributed by atoms with E-state index in [-0.39, 0.29) is 5.82 Å². The van der Waals surface area contributed by atoms with E-state index in [1.165, 1.54) is 6.33 Å². The van der Waals surface area contributed by atoms with Crippen LogP contribution in [0.15, 0.2) is 67.3 Å². The van der Waals surface area contributed by atoms with Crippen molar-refractivity contribution in [3.05, 3.63) is 73.1 Å². The maximum absolute atomic E-state index is 15.1. The molecule has 1 aliphatic heterocycles. The summed E-state index contributed by atoms with van der Waals surface area (Å²) in [6.45, 7) is 2.61. The van der Waals surface area contributed by atoms with Crippen molar-refractivity contribution in [2.24, 2.45) is 0 Å². The van der Waals surface area contributed by atoms with Gasteiger partial charge in [-0.05, 0) is 42.0 Å². The highest BCUT2D eigenvalue weighted by Crippen LogP contribution is 2.34. The third-order valence-corrected chi connectivity index (χ3v) is 5.97. The van der Waals surface area contributed by atoms with Gasteiger partial charge in [-0.2, -0.15) is 0 Å². The second kappa shape index (κ2) is 7.69. The van der Waals surface area contributed by atoms with Crippen LogP contribution in [0.5, 0.6) is 0 Å². The van der Waals surface area contributed by atoms with Gasteiger partial charge in [-0.1, -0.05) is 12.1 Å². The van der Waals surface area contributed by atoms with Gasteiger partial charge in [0.15, 0.2) is 0 Å². The Kier molecular flexibility index (Phi) is 4.54. The van der Waals surface area contributed by atoms with Crippen molar-refractivity contribution >= 4 is 27.6 Å². The summed E-state index contributed by atoms with van der Waals surface area (Å²) in [6, 6.07) is 15.4. The zero-order chi connectivity index (χ0) is 21.5. The van der Waals surface area contributed by atoms with Gasteiger partial charge in [0.25, 0.3) is 0 Å². The minimum absolute atomic E-state index is 0.255. The van der Waals surface area contributed by atoms with Crippen molar-refractivity contribution in [1.29, 1.82) is 0 Å². The van der Waals surface area contributed by atoms with Crippen molar-refractivity contribution in [2.75, 3.05) is 31.2 Å². The van der Waals surface area contributed by atoms with Crippen LogP contribution in [0.2, 0.25) is 0 Å². The fourth-order valence-corrected chi connectivity index (χ4v) is 4.36. The molecule has 3 aromatic heterocycles. The number of rotatable bonds is 3. The zero-order valence-corrected chi connectivity index (χ0v) is 17.3. The van der Waals surface area contributed by atoms with Gasteiger partial charge in [0.05, 0.1) is 30.1 Å². The van der Waals surface area contributed by atoms with E-state index in [1.807, 2.05) is 47.5 Å². The normalized spacial score (nSPS) is 14.3. The lowest BCUT2D eigenvalue weighted by Crippen LogP contribution is -2.36. The molecule has 5 aromatic rings. The average molecular weight is 425 g/mol. The Labute approximate surface area is 183 Å². The smallest absolute Gasteiger partial charge is 0.147 e. The predicted octanol–water partition coefficient (Wildman–Crippen LogP) is 4.82. The number of aromatic amines is 1. The Balaban J connectivity index is 1.45. The summed E-state index contributed by atoms with van der Waals surface area (Å²) in [5.41, 5.74) is 5.77. The quantitative estimate of drug-likeness (QED) is 0.449. The SMILES string of the molecule is Fc1cc(-c2ncnc3ccc(-c4c[nH]c5ncccc45)cc23)ccc1N1CCOCC1. The van der Waals surface area contributed by atoms with Crippen LogP contribution in [0.1, 0.15) is 0 Å². The molecule has 6 rings (SSSR count). The van der Waals surface area contributed by atoms with E-state index in [0.29, 0.717) is 37.7 Å². The predicted molar refractivity (Wildman–Crippen MR) is 123 cm³/mol. The topological polar surface area (TPSA) is 66.9 Å². The molecule has 0 saturated carbocycles. The number of ether oxygens (including phenoxy) is 1. The molecule has 32 heavy (non-hydrogen) atoms. The van der Waals surface area contributed by atoms with E-state index in [4.69, 9.17) is 4.74 Å². The van der Waals surface area contributed by atoms with Gasteiger partial charge in [-0.15, -0.1) is 0 Å². The summed E-state index contributed by atoms with van der Waals surface area (Å²) in [5, 5.41) is 1.92. The first kappa shape index (κ1) is 18.9. The first-order valence-corrected chi connectivity index (χ1v) is 10.6. The minimum Gasteiger partial charge on any atom is -0.378 e. The van der Waals surface area contributed by atoms with Crippen LogP contribution in [0.4, 0.5) is 10.1 Å². The number of hydrogen-bond donors (Lipinski definition) is 1. The Morgan fingerprint density at radius 2 is 1.78 bits per heavy atom. The highest BCUT2D eigenvalue weighted by Gasteiger charge is 2.17. The molecule has 2 aromatic carbocycles. The second-order valence-corrected chi connectivity index (χ2v) is 7.82. The molecule has 0 amide bonds. The highest BCUT2D eigenvalue weighted by atomic mass is 19.1. The van der Waals surface area contributed by atoms with Crippen LogP contribution in [0.3, 0.4) is 0 Å². The van der Waals surface area contributed by atoms with E-state index in [1.54, 1.807) is 12.3 Å². The fourth-order valence-electron chi connectivity index (χ4n) is 4.36. The monoisotopic (exact) mass is 425 g/mol. The lowest BCUT2D eigenvalue weighted by Gasteiger charge is -2.29. The zero-order valence-electron chi connectivity index (χ0n) is 17.3. The average Bonchev–Trinajstić information content (AvgIpc) is 3.28. The molecule has 158 valence electrons. The Hall–Kier alpha value is -3.84. The number of hydrogen-bond acceptors (Lipinski definition) is 5. The molecule has 0 unspecified atom stereocenters. The van der Waals surface area contributed by atoms with Crippen molar-refractivity contribution in [3.63, 3.8) is 0 Å². The van der Waals surface area contributed by atoms with Gasteiger partial charge in [0, 0.05) is 47.4 Å². The number of halogens is 1. The van der Waals surface area contributed by atoms with E-state index in [9.17, 15) is 0 Å². The molecule has 1 saturated heterocycles. The van der Waals surface area contributed by atoms with Crippen LogP contribution in [-0.4, -0.2) is 46.2 Å². The molecular formula is C25H20FN5O. The number of nitrogens with one attached hydrogen (secondary N) is 1. The van der Waals surface area contributed by atoms with Gasteiger partial charge in [0.1, 0.15) is 17.8 Å². The summed E-state index contributed by atoms with van der Waals surface area (Å²) in [5.74, 6) is -0.255. The number of aromatic nitrogens is 4. The van der Waals surface area contributed by atoms with Crippen LogP contribution < -0.4 is 4.90 Å². The highest BCUT2D eigenvalue weighted by molar-refractivity contribution is 5.99. The van der Waals surface area contributed by atoms with Gasteiger partial charge in [-0.25, -0.2) is 19.3 Å². The first-order chi connectivity index (χ1) is 15.8. The number of pyridine rings is 1. The number of morpholine rings is 1. The molecule has 4 heterocycles. The number of fused-ring (bicyclic) bond motifs is 2. The molecule has 6 nitrogen and oxygen atoms in total. The number of nitrogens with zero attached hydrogens (tertiary/aromatic N) is 4. The van der Waals surface area contributed by atoms with Crippen LogP contribution in [-0.2, 0) is 4.74 Å². The van der Waals surface area contributed by atoms with Gasteiger partial charge >= 0.3 is 0 Å². The first-order valence-electron chi connectivity index (χ1n) is 10.6. The second-order valence-electron chi connectivity index (χ2n) is 7.82. The maximum Gasteiger partial charge on any atom is 0.147 e. The largest absolute Gasteiger partial charge is 0.378 e. The molecule has 0 aliphatic carbocycles. The molecule has 1 aliphatic rings. The van der Waals surface area contributed by atoms with E-state index in [2.05, 4.69) is 26.0 Å². The summed E-state index contributed by atoms with van der Waals surface area (Å²) < 4.78 is 20.4. The molecule has 0 atom stereocenters. The Morgan fingerprint density at radius 1 is 0.906 bits per heavy atom. The summed E-state index contributed by atoms with van der Waals surface area (Å²) in [7, 11) is 0. The molecule has 1 fully saturated rings. The van der Waals surface area contributed by atoms with Crippen LogP contribution in [0.25, 0.3) is 44.3 Å². The fraction of sp³-hybridized carbons (Fsp3) is 0.160. The molecule has 0 spiro atoms. The van der Waals surface area contributed by atoms with Crippen LogP contribution >= 0.6 is 0 Å². The van der Waals surface area contributed by atoms with Crippen molar-refractivity contribution in [3.8, 4) is 22.4 Å². The number of benzene rings is 2. The third kappa shape index (κ3) is 3.18. The standard InChI is InChI=1S/C25H20FN5O/c26-21-13-17(4-6-23(21)31-8-10-32-11-9-31)24-19-12-16(3-5-22(19)29-15-30-24)20-14-28-25-18(20)2-1-7-27-25/h1-7,12-15H,8-11H2,(H,27,28). The number of anilines is 1. The molecule has 0 bridgehead atoms. The van der Waals surface area contributed by atoms with Crippen molar-refractivity contribution in [1.82, 2.24) is 19.9 Å². The van der Waals surface area contributed by atoms with Gasteiger partial charge < -0.3 is 14.6 Å². The summed E-state index contributed by atoms with van der Waals surface area (Å²) in [4.78, 5) is 18.5. The van der Waals surface area contributed by atoms with Crippen molar-refractivity contribution < 1.29 is 9.13 Å². The summed E-state index contributed by atoms with van der Waals surface area (Å²) >= 11 is 0. The molecular weight excluding hydrogens is 405 g/mol. The van der Waals surface area contributed by atoms with E-state index in [0.717, 1.165) is 38.6 Å². The molecule has 1 N–H and O–H groups in total. The molecule has 0 radical (unpaired) electrons. The lowest BCUT2D eigenvalue weighted by molar-refractivity contribution is 0.122. The Bertz CT molecular complexity index is 1440. The summed E-state index contributed by atoms with van der Waals surface area (Å²) in [6.07, 6.45) is 5.25. The minimum atomic E-state index is -0.255. The lowest BCUT2D eigenvalue weighted by atomic mass is 10.00. The van der Waals surface area contributed by atoms with Gasteiger partial charge in [-0.3, -0.25) is 0 Å². The van der Waals surface area contributed by atoms with Crippen LogP contribution in [0, 0.1) is 5.82 Å². The van der Waals surface area contributed by atoms with E-state index < -0.39 is 0 Å². The van der Waals surface area contributed by atoms with E-state index >= 15 is 4.39 Å². The number of H-pyrrole nitrogens is 1. The maximum atomic E-state index is 15.1. The van der Waals surface area contributed by atoms with Crippen molar-refractivity contribution in [2.45, 2.75) is 0 Å². The van der Waals surface area contributed by atoms with Gasteiger partial charge in [0.2, 0.25) is 0 Å². The molecule has 7 heteroatoms. The Morgan fingerprint density at radius 3 is 2.66 bits per heavy atom. The third-order valence-electron chi connectivity index (χ3n) is 5.97.